The topological polar surface area (TPSA) is 38.7 Å². The normalized spacial score (nSPS) is 11.6. The smallest absolute Gasteiger partial charge is 0.160 e. The van der Waals surface area contributed by atoms with E-state index in [1.54, 1.807) is 0 Å². The lowest BCUT2D eigenvalue weighted by atomic mass is 9.90. The molecule has 0 amide bonds. The molecule has 0 unspecified atom stereocenters. The van der Waals surface area contributed by atoms with Gasteiger partial charge in [-0.2, -0.15) is 0 Å². The van der Waals surface area contributed by atoms with E-state index in [2.05, 4.69) is 212 Å². The first-order valence-electron chi connectivity index (χ1n) is 22.7. The summed E-state index contributed by atoms with van der Waals surface area (Å²) < 4.78 is 1.23. The van der Waals surface area contributed by atoms with Crippen molar-refractivity contribution in [3.8, 4) is 77.9 Å². The van der Waals surface area contributed by atoms with Crippen LogP contribution in [0.25, 0.3) is 131 Å². The van der Waals surface area contributed by atoms with Gasteiger partial charge in [0.25, 0.3) is 0 Å². The van der Waals surface area contributed by atoms with E-state index in [0.717, 1.165) is 66.9 Å². The van der Waals surface area contributed by atoms with Crippen LogP contribution in [0.4, 0.5) is 0 Å². The molecule has 0 fully saturated rings. The molecular weight excluding hydrogens is 831 g/mol. The van der Waals surface area contributed by atoms with Crippen molar-refractivity contribution >= 4 is 64.6 Å². The fraction of sp³-hybridized carbons (Fsp3) is 0. The van der Waals surface area contributed by atoms with E-state index < -0.39 is 0 Å². The number of para-hydroxylation sites is 1. The molecular formula is C63H39N3S. The highest BCUT2D eigenvalue weighted by Crippen LogP contribution is 2.51. The van der Waals surface area contributed by atoms with Crippen molar-refractivity contribution in [1.82, 2.24) is 15.0 Å². The van der Waals surface area contributed by atoms with Crippen LogP contribution in [0.3, 0.4) is 0 Å². The Balaban J connectivity index is 1.03. The molecule has 3 heterocycles. The zero-order chi connectivity index (χ0) is 44.3. The molecule has 0 radical (unpaired) electrons. The minimum absolute atomic E-state index is 0.702. The number of aromatic nitrogens is 3. The van der Waals surface area contributed by atoms with Crippen LogP contribution in [0.15, 0.2) is 237 Å². The van der Waals surface area contributed by atoms with Crippen LogP contribution in [0.1, 0.15) is 0 Å². The number of fused-ring (bicyclic) bond motifs is 9. The molecule has 10 aromatic carbocycles. The van der Waals surface area contributed by atoms with Gasteiger partial charge in [-0.05, 0) is 84.9 Å². The molecule has 0 bridgehead atoms. The third kappa shape index (κ3) is 6.77. The summed E-state index contributed by atoms with van der Waals surface area (Å²) in [5.41, 5.74) is 13.7. The monoisotopic (exact) mass is 869 g/mol. The third-order valence-electron chi connectivity index (χ3n) is 13.1. The number of thiophene rings is 1. The van der Waals surface area contributed by atoms with Gasteiger partial charge in [0, 0.05) is 48.2 Å². The Bertz CT molecular complexity index is 3940. The van der Waals surface area contributed by atoms with Gasteiger partial charge in [-0.1, -0.05) is 206 Å². The second-order valence-electron chi connectivity index (χ2n) is 17.1. The van der Waals surface area contributed by atoms with Crippen LogP contribution in [0, 0.1) is 0 Å². The minimum Gasteiger partial charge on any atom is -0.247 e. The van der Waals surface area contributed by atoms with Crippen molar-refractivity contribution in [3.63, 3.8) is 0 Å². The summed E-state index contributed by atoms with van der Waals surface area (Å²) in [5, 5.41) is 9.88. The second kappa shape index (κ2) is 16.1. The number of hydrogen-bond donors (Lipinski definition) is 0. The van der Waals surface area contributed by atoms with Crippen molar-refractivity contribution in [2.24, 2.45) is 0 Å². The van der Waals surface area contributed by atoms with Crippen LogP contribution in [-0.4, -0.2) is 15.0 Å². The Morgan fingerprint density at radius 1 is 0.284 bits per heavy atom. The summed E-state index contributed by atoms with van der Waals surface area (Å²) in [5.74, 6) is 0.702. The van der Waals surface area contributed by atoms with Crippen molar-refractivity contribution in [2.75, 3.05) is 0 Å². The average Bonchev–Trinajstić information content (AvgIpc) is 3.83. The van der Waals surface area contributed by atoms with E-state index in [1.807, 2.05) is 35.6 Å². The van der Waals surface area contributed by atoms with Gasteiger partial charge in [0.1, 0.15) is 0 Å². The number of benzene rings is 10. The first-order valence-corrected chi connectivity index (χ1v) is 23.5. The number of pyridine rings is 1. The molecule has 0 spiro atoms. The molecule has 3 aromatic heterocycles. The zero-order valence-electron chi connectivity index (χ0n) is 36.3. The van der Waals surface area contributed by atoms with Gasteiger partial charge in [-0.25, -0.2) is 15.0 Å². The molecule has 67 heavy (non-hydrogen) atoms. The highest BCUT2D eigenvalue weighted by molar-refractivity contribution is 7.24. The van der Waals surface area contributed by atoms with E-state index in [4.69, 9.17) is 15.0 Å². The largest absolute Gasteiger partial charge is 0.247 e. The maximum absolute atomic E-state index is 5.47. The molecule has 0 N–H and O–H groups in total. The first kappa shape index (κ1) is 38.9. The van der Waals surface area contributed by atoms with E-state index in [-0.39, 0.29) is 0 Å². The SMILES string of the molecule is c1ccc(-c2cc(-c3cccc(-c4cccc(-c5sc6c(c(-c7ccccc7)nc7ccccc76)c5-c5ccc6c7ccccc7c7ccccc7c6c5)c4)c3)nc(-c3ccccc3)n2)cc1. The van der Waals surface area contributed by atoms with Crippen molar-refractivity contribution in [3.05, 3.63) is 237 Å². The molecule has 0 aliphatic heterocycles. The molecule has 0 atom stereocenters. The Hall–Kier alpha value is -8.57. The van der Waals surface area contributed by atoms with Crippen LogP contribution >= 0.6 is 11.3 Å². The van der Waals surface area contributed by atoms with Gasteiger partial charge < -0.3 is 0 Å². The fourth-order valence-corrected chi connectivity index (χ4v) is 11.3. The highest BCUT2D eigenvalue weighted by atomic mass is 32.1. The average molecular weight is 870 g/mol. The summed E-state index contributed by atoms with van der Waals surface area (Å²) >= 11 is 1.87. The van der Waals surface area contributed by atoms with Gasteiger partial charge in [-0.15, -0.1) is 11.3 Å². The summed E-state index contributed by atoms with van der Waals surface area (Å²) in [4.78, 5) is 16.9. The Morgan fingerprint density at radius 3 is 1.42 bits per heavy atom. The lowest BCUT2D eigenvalue weighted by Gasteiger charge is -2.14. The van der Waals surface area contributed by atoms with Crippen molar-refractivity contribution in [1.29, 1.82) is 0 Å². The highest BCUT2D eigenvalue weighted by Gasteiger charge is 2.24. The van der Waals surface area contributed by atoms with Crippen LogP contribution in [-0.2, 0) is 0 Å². The fourth-order valence-electron chi connectivity index (χ4n) is 9.90. The van der Waals surface area contributed by atoms with Crippen LogP contribution in [0.5, 0.6) is 0 Å². The lowest BCUT2D eigenvalue weighted by Crippen LogP contribution is -1.96. The van der Waals surface area contributed by atoms with E-state index in [9.17, 15) is 0 Å². The zero-order valence-corrected chi connectivity index (χ0v) is 37.1. The number of rotatable bonds is 7. The first-order chi connectivity index (χ1) is 33.2. The van der Waals surface area contributed by atoms with Gasteiger partial charge in [-0.3, -0.25) is 0 Å². The summed E-state index contributed by atoms with van der Waals surface area (Å²) in [7, 11) is 0. The van der Waals surface area contributed by atoms with Crippen molar-refractivity contribution < 1.29 is 0 Å². The molecule has 13 aromatic rings. The Morgan fingerprint density at radius 2 is 0.761 bits per heavy atom. The number of nitrogens with zero attached hydrogens (tertiary/aromatic N) is 3. The molecule has 0 aliphatic rings. The van der Waals surface area contributed by atoms with Gasteiger partial charge in [0.2, 0.25) is 0 Å². The van der Waals surface area contributed by atoms with Crippen molar-refractivity contribution in [2.45, 2.75) is 0 Å². The molecule has 312 valence electrons. The third-order valence-corrected chi connectivity index (χ3v) is 14.3. The maximum Gasteiger partial charge on any atom is 0.160 e. The van der Waals surface area contributed by atoms with Crippen LogP contribution in [0.2, 0.25) is 0 Å². The summed E-state index contributed by atoms with van der Waals surface area (Å²) in [6.45, 7) is 0. The van der Waals surface area contributed by atoms with Gasteiger partial charge >= 0.3 is 0 Å². The van der Waals surface area contributed by atoms with E-state index >= 15 is 0 Å². The second-order valence-corrected chi connectivity index (χ2v) is 18.1. The molecule has 13 rings (SSSR count). The standard InChI is InChI=1S/C63H39N3S/c1-4-18-40(19-5-1)56-39-57(66-63(65-56)42-22-8-3-9-23-42)45-26-16-24-43(36-45)44-25-17-27-47(37-44)61-58(59-60(41-20-6-2-7-21-41)64-55-33-15-14-32-53(55)62(59)67-61)46-34-35-52-50-30-11-10-28-48(50)49-29-12-13-31-51(49)54(52)38-46/h1-39H. The maximum atomic E-state index is 5.47. The molecule has 0 saturated heterocycles. The van der Waals surface area contributed by atoms with Gasteiger partial charge in [0.15, 0.2) is 5.82 Å². The predicted molar refractivity (Wildman–Crippen MR) is 283 cm³/mol. The van der Waals surface area contributed by atoms with Gasteiger partial charge in [0.05, 0.1) is 22.6 Å². The van der Waals surface area contributed by atoms with E-state index in [0.29, 0.717) is 5.82 Å². The number of hydrogen-bond acceptors (Lipinski definition) is 4. The molecule has 4 heteroatoms. The Labute approximate surface area is 392 Å². The predicted octanol–water partition coefficient (Wildman–Crippen LogP) is 17.4. The minimum atomic E-state index is 0.702. The molecule has 0 aliphatic carbocycles. The summed E-state index contributed by atoms with van der Waals surface area (Å²) in [6, 6.07) is 84.6. The lowest BCUT2D eigenvalue weighted by molar-refractivity contribution is 1.18. The molecule has 3 nitrogen and oxygen atoms in total. The molecule has 0 saturated carbocycles. The Kier molecular flexibility index (Phi) is 9.36. The summed E-state index contributed by atoms with van der Waals surface area (Å²) in [6.07, 6.45) is 0. The quantitative estimate of drug-likeness (QED) is 0.150. The van der Waals surface area contributed by atoms with Crippen LogP contribution < -0.4 is 0 Å². The van der Waals surface area contributed by atoms with E-state index in [1.165, 1.54) is 58.4 Å².